The normalized spacial score (nSPS) is 20.9. The molecular formula is C30H37FN6O. The molecule has 2 saturated heterocycles. The average molecular weight is 517 g/mol. The van der Waals surface area contributed by atoms with Crippen LogP contribution in [-0.2, 0) is 6.54 Å². The van der Waals surface area contributed by atoms with Gasteiger partial charge >= 0.3 is 6.03 Å². The number of imidazole rings is 1. The fourth-order valence-corrected chi connectivity index (χ4v) is 6.39. The standard InChI is InChI=1S/C30H37FN6O/c1-21-5-7-22(8-6-21)26-19-36(30(38)35-17-13-25(14-18-35)34-15-3-2-4-16-34)20-27-33-28(29(32)37(26)27)23-9-11-24(31)12-10-23/h5-12,25-26H,2-4,13-20,32H2,1H3. The van der Waals surface area contributed by atoms with Crippen molar-refractivity contribution in [3.63, 3.8) is 0 Å². The second-order valence-electron chi connectivity index (χ2n) is 11.0. The van der Waals surface area contributed by atoms with Gasteiger partial charge in [-0.1, -0.05) is 36.2 Å². The van der Waals surface area contributed by atoms with Gasteiger partial charge in [0.2, 0.25) is 0 Å². The van der Waals surface area contributed by atoms with Gasteiger partial charge in [-0.3, -0.25) is 0 Å². The molecule has 3 aliphatic rings. The van der Waals surface area contributed by atoms with Gasteiger partial charge in [0.05, 0.1) is 12.6 Å². The van der Waals surface area contributed by atoms with E-state index in [0.717, 1.165) is 42.9 Å². The number of nitrogens with two attached hydrogens (primary N) is 1. The minimum absolute atomic E-state index is 0.0790. The molecule has 1 atom stereocenters. The van der Waals surface area contributed by atoms with E-state index >= 15 is 0 Å². The molecule has 0 aliphatic carbocycles. The number of carbonyl (C=O) groups is 1. The molecule has 0 bridgehead atoms. The van der Waals surface area contributed by atoms with E-state index in [1.165, 1.54) is 50.0 Å². The molecule has 3 aliphatic heterocycles. The van der Waals surface area contributed by atoms with E-state index in [1.807, 2.05) is 9.80 Å². The first-order chi connectivity index (χ1) is 18.5. The first-order valence-electron chi connectivity index (χ1n) is 13.9. The quantitative estimate of drug-likeness (QED) is 0.529. The van der Waals surface area contributed by atoms with Crippen LogP contribution in [0.4, 0.5) is 15.0 Å². The first kappa shape index (κ1) is 24.9. The van der Waals surface area contributed by atoms with Crippen molar-refractivity contribution in [3.05, 3.63) is 71.3 Å². The molecule has 38 heavy (non-hydrogen) atoms. The number of nitrogens with zero attached hydrogens (tertiary/aromatic N) is 5. The minimum Gasteiger partial charge on any atom is -0.383 e. The van der Waals surface area contributed by atoms with Crippen molar-refractivity contribution >= 4 is 11.8 Å². The van der Waals surface area contributed by atoms with Crippen LogP contribution >= 0.6 is 0 Å². The van der Waals surface area contributed by atoms with Crippen molar-refractivity contribution in [3.8, 4) is 11.3 Å². The van der Waals surface area contributed by atoms with Crippen molar-refractivity contribution in [1.82, 2.24) is 24.3 Å². The zero-order valence-electron chi connectivity index (χ0n) is 22.2. The summed E-state index contributed by atoms with van der Waals surface area (Å²) >= 11 is 0. The number of amides is 2. The van der Waals surface area contributed by atoms with E-state index in [9.17, 15) is 9.18 Å². The summed E-state index contributed by atoms with van der Waals surface area (Å²) in [5, 5.41) is 0. The molecule has 2 N–H and O–H groups in total. The molecule has 2 aromatic carbocycles. The molecule has 7 nitrogen and oxygen atoms in total. The third-order valence-electron chi connectivity index (χ3n) is 8.55. The highest BCUT2D eigenvalue weighted by atomic mass is 19.1. The Hall–Kier alpha value is -3.39. The molecule has 4 heterocycles. The number of hydrogen-bond acceptors (Lipinski definition) is 4. The molecule has 0 saturated carbocycles. The number of urea groups is 1. The Balaban J connectivity index is 1.26. The number of aromatic nitrogens is 2. The maximum atomic E-state index is 13.8. The molecular weight excluding hydrogens is 479 g/mol. The summed E-state index contributed by atoms with van der Waals surface area (Å²) in [6.07, 6.45) is 6.01. The van der Waals surface area contributed by atoms with E-state index in [2.05, 4.69) is 40.7 Å². The number of likely N-dealkylation sites (tertiary alicyclic amines) is 2. The highest BCUT2D eigenvalue weighted by molar-refractivity contribution is 5.76. The van der Waals surface area contributed by atoms with Crippen LogP contribution in [0.3, 0.4) is 0 Å². The summed E-state index contributed by atoms with van der Waals surface area (Å²) in [7, 11) is 0. The summed E-state index contributed by atoms with van der Waals surface area (Å²) in [4.78, 5) is 25.3. The number of aryl methyl sites for hydroxylation is 1. The van der Waals surface area contributed by atoms with E-state index < -0.39 is 0 Å². The fourth-order valence-electron chi connectivity index (χ4n) is 6.39. The minimum atomic E-state index is -0.297. The van der Waals surface area contributed by atoms with Gasteiger partial charge < -0.3 is 25.0 Å². The Morgan fingerprint density at radius 2 is 1.61 bits per heavy atom. The highest BCUT2D eigenvalue weighted by Crippen LogP contribution is 2.36. The molecule has 6 rings (SSSR count). The number of benzene rings is 2. The molecule has 1 aromatic heterocycles. The van der Waals surface area contributed by atoms with Gasteiger partial charge in [-0.25, -0.2) is 14.2 Å². The van der Waals surface area contributed by atoms with E-state index in [4.69, 9.17) is 10.7 Å². The van der Waals surface area contributed by atoms with Gasteiger partial charge in [0.1, 0.15) is 23.2 Å². The Bertz CT molecular complexity index is 1270. The fraction of sp³-hybridized carbons (Fsp3) is 0.467. The van der Waals surface area contributed by atoms with Gasteiger partial charge in [-0.05, 0) is 75.5 Å². The van der Waals surface area contributed by atoms with Crippen LogP contribution < -0.4 is 5.73 Å². The van der Waals surface area contributed by atoms with Crippen LogP contribution in [0.1, 0.15) is 55.1 Å². The highest BCUT2D eigenvalue weighted by Gasteiger charge is 2.36. The monoisotopic (exact) mass is 516 g/mol. The number of piperidine rings is 2. The van der Waals surface area contributed by atoms with Crippen LogP contribution in [0.5, 0.6) is 0 Å². The molecule has 2 amide bonds. The van der Waals surface area contributed by atoms with Gasteiger partial charge in [0.25, 0.3) is 0 Å². The lowest BCUT2D eigenvalue weighted by molar-refractivity contribution is 0.0837. The van der Waals surface area contributed by atoms with Gasteiger partial charge in [-0.2, -0.15) is 0 Å². The molecule has 3 aromatic rings. The maximum absolute atomic E-state index is 13.8. The van der Waals surface area contributed by atoms with Crippen LogP contribution in [0.2, 0.25) is 0 Å². The van der Waals surface area contributed by atoms with Crippen LogP contribution in [0.25, 0.3) is 11.3 Å². The Labute approximate surface area is 224 Å². The summed E-state index contributed by atoms with van der Waals surface area (Å²) in [5.41, 5.74) is 10.4. The number of halogens is 1. The SMILES string of the molecule is Cc1ccc(C2CN(C(=O)N3CCC(N4CCCCC4)CC3)Cc3nc(-c4ccc(F)cc4)c(N)n32)cc1. The van der Waals surface area contributed by atoms with Gasteiger partial charge in [0, 0.05) is 31.2 Å². The molecule has 0 radical (unpaired) electrons. The lowest BCUT2D eigenvalue weighted by atomic mass is 10.00. The second kappa shape index (κ2) is 10.4. The van der Waals surface area contributed by atoms with Crippen LogP contribution in [0, 0.1) is 12.7 Å². The number of carbonyl (C=O) groups excluding carboxylic acids is 1. The van der Waals surface area contributed by atoms with E-state index in [0.29, 0.717) is 30.6 Å². The zero-order valence-corrected chi connectivity index (χ0v) is 22.2. The molecule has 200 valence electrons. The smallest absolute Gasteiger partial charge is 0.320 e. The van der Waals surface area contributed by atoms with Crippen molar-refractivity contribution in [1.29, 1.82) is 0 Å². The Kier molecular flexibility index (Phi) is 6.82. The largest absolute Gasteiger partial charge is 0.383 e. The van der Waals surface area contributed by atoms with Crippen molar-refractivity contribution < 1.29 is 9.18 Å². The van der Waals surface area contributed by atoms with Gasteiger partial charge in [0.15, 0.2) is 0 Å². The average Bonchev–Trinajstić information content (AvgIpc) is 3.29. The predicted octanol–water partition coefficient (Wildman–Crippen LogP) is 5.06. The third kappa shape index (κ3) is 4.77. The zero-order chi connectivity index (χ0) is 26.2. The Morgan fingerprint density at radius 3 is 2.29 bits per heavy atom. The molecule has 0 spiro atoms. The maximum Gasteiger partial charge on any atom is 0.320 e. The number of fused-ring (bicyclic) bond motifs is 1. The summed E-state index contributed by atoms with van der Waals surface area (Å²) in [6, 6.07) is 15.2. The number of anilines is 1. The van der Waals surface area contributed by atoms with Gasteiger partial charge in [-0.15, -0.1) is 0 Å². The van der Waals surface area contributed by atoms with Crippen molar-refractivity contribution in [2.75, 3.05) is 38.5 Å². The van der Waals surface area contributed by atoms with E-state index in [-0.39, 0.29) is 17.9 Å². The van der Waals surface area contributed by atoms with Crippen LogP contribution in [-0.4, -0.2) is 69.0 Å². The van der Waals surface area contributed by atoms with E-state index in [1.54, 1.807) is 12.1 Å². The summed E-state index contributed by atoms with van der Waals surface area (Å²) in [5.74, 6) is 1.01. The second-order valence-corrected chi connectivity index (χ2v) is 11.0. The first-order valence-corrected chi connectivity index (χ1v) is 13.9. The topological polar surface area (TPSA) is 70.6 Å². The lowest BCUT2D eigenvalue weighted by Crippen LogP contribution is -2.53. The summed E-state index contributed by atoms with van der Waals surface area (Å²) < 4.78 is 15.6. The number of rotatable bonds is 3. The molecule has 1 unspecified atom stereocenters. The lowest BCUT2D eigenvalue weighted by Gasteiger charge is -2.42. The molecule has 2 fully saturated rings. The number of nitrogen functional groups attached to an aromatic ring is 1. The summed E-state index contributed by atoms with van der Waals surface area (Å²) in [6.45, 7) is 6.99. The molecule has 8 heteroatoms. The predicted molar refractivity (Wildman–Crippen MR) is 147 cm³/mol. The van der Waals surface area contributed by atoms with Crippen molar-refractivity contribution in [2.24, 2.45) is 0 Å². The number of hydrogen-bond donors (Lipinski definition) is 1. The third-order valence-corrected chi connectivity index (χ3v) is 8.55. The Morgan fingerprint density at radius 1 is 0.921 bits per heavy atom. The van der Waals surface area contributed by atoms with Crippen molar-refractivity contribution in [2.45, 2.75) is 57.7 Å². The van der Waals surface area contributed by atoms with Crippen LogP contribution in [0.15, 0.2) is 48.5 Å².